The Morgan fingerprint density at radius 1 is 1.00 bits per heavy atom. The summed E-state index contributed by atoms with van der Waals surface area (Å²) >= 11 is 0. The topological polar surface area (TPSA) is 46.6 Å². The van der Waals surface area contributed by atoms with Crippen molar-refractivity contribution < 1.29 is 9.47 Å². The molecule has 0 unspecified atom stereocenters. The highest BCUT2D eigenvalue weighted by molar-refractivity contribution is 5.48. The molecule has 2 aliphatic rings. The molecular weight excluding hydrogens is 350 g/mol. The van der Waals surface area contributed by atoms with Gasteiger partial charge in [-0.3, -0.25) is 0 Å². The van der Waals surface area contributed by atoms with Crippen LogP contribution >= 0.6 is 0 Å². The van der Waals surface area contributed by atoms with Crippen molar-refractivity contribution in [1.29, 1.82) is 0 Å². The number of rotatable bonds is 7. The zero-order chi connectivity index (χ0) is 19.2. The van der Waals surface area contributed by atoms with Gasteiger partial charge in [-0.15, -0.1) is 0 Å². The van der Waals surface area contributed by atoms with Crippen molar-refractivity contribution in [3.05, 3.63) is 48.0 Å². The lowest BCUT2D eigenvalue weighted by Crippen LogP contribution is -2.43. The molecule has 2 aromatic rings. The minimum atomic E-state index is 0.262. The number of benzene rings is 1. The van der Waals surface area contributed by atoms with Crippen LogP contribution in [0.25, 0.3) is 0 Å². The molecule has 0 bridgehead atoms. The first-order valence-electron chi connectivity index (χ1n) is 10.6. The van der Waals surface area contributed by atoms with Crippen molar-refractivity contribution in [1.82, 2.24) is 10.3 Å². The lowest BCUT2D eigenvalue weighted by molar-refractivity contribution is 0.192. The predicted octanol–water partition coefficient (Wildman–Crippen LogP) is 4.17. The molecule has 5 nitrogen and oxygen atoms in total. The molecule has 28 heavy (non-hydrogen) atoms. The number of methoxy groups -OCH3 is 1. The van der Waals surface area contributed by atoms with Crippen LogP contribution in [-0.4, -0.2) is 37.3 Å². The van der Waals surface area contributed by atoms with Gasteiger partial charge in [0, 0.05) is 12.6 Å². The summed E-state index contributed by atoms with van der Waals surface area (Å²) in [7, 11) is 1.69. The largest absolute Gasteiger partial charge is 0.491 e. The van der Waals surface area contributed by atoms with Gasteiger partial charge in [-0.2, -0.15) is 4.98 Å². The van der Waals surface area contributed by atoms with Gasteiger partial charge >= 0.3 is 0 Å². The van der Waals surface area contributed by atoms with Crippen molar-refractivity contribution in [2.75, 3.05) is 25.1 Å². The van der Waals surface area contributed by atoms with Crippen molar-refractivity contribution in [2.45, 2.75) is 57.2 Å². The number of nitrogens with one attached hydrogen (secondary N) is 1. The summed E-state index contributed by atoms with van der Waals surface area (Å²) in [5.41, 5.74) is 1.30. The first-order chi connectivity index (χ1) is 13.8. The van der Waals surface area contributed by atoms with E-state index in [4.69, 9.17) is 14.5 Å². The molecule has 4 rings (SSSR count). The molecule has 1 saturated carbocycles. The molecule has 1 N–H and O–H groups in total. The Balaban J connectivity index is 1.62. The van der Waals surface area contributed by atoms with Crippen LogP contribution in [0.4, 0.5) is 5.82 Å². The van der Waals surface area contributed by atoms with Gasteiger partial charge in [0.2, 0.25) is 0 Å². The average Bonchev–Trinajstić information content (AvgIpc) is 3.26. The molecular formula is C23H31N3O2. The molecule has 1 aromatic carbocycles. The molecule has 1 aromatic heterocycles. The van der Waals surface area contributed by atoms with Crippen molar-refractivity contribution in [2.24, 2.45) is 0 Å². The van der Waals surface area contributed by atoms with Gasteiger partial charge in [-0.05, 0) is 69.3 Å². The summed E-state index contributed by atoms with van der Waals surface area (Å²) in [6.45, 7) is 2.96. The highest BCUT2D eigenvalue weighted by Crippen LogP contribution is 2.33. The van der Waals surface area contributed by atoms with Gasteiger partial charge in [0.1, 0.15) is 11.9 Å². The Bertz CT molecular complexity index is 741. The molecule has 2 heterocycles. The Morgan fingerprint density at radius 2 is 1.75 bits per heavy atom. The van der Waals surface area contributed by atoms with E-state index >= 15 is 0 Å². The number of anilines is 1. The fourth-order valence-electron chi connectivity index (χ4n) is 4.28. The van der Waals surface area contributed by atoms with Crippen molar-refractivity contribution >= 4 is 5.82 Å². The zero-order valence-electron chi connectivity index (χ0n) is 16.8. The fourth-order valence-corrected chi connectivity index (χ4v) is 4.28. The van der Waals surface area contributed by atoms with E-state index in [0.29, 0.717) is 11.9 Å². The summed E-state index contributed by atoms with van der Waals surface area (Å²) in [6, 6.07) is 15.2. The van der Waals surface area contributed by atoms with Crippen LogP contribution in [0.3, 0.4) is 0 Å². The summed E-state index contributed by atoms with van der Waals surface area (Å²) in [5, 5.41) is 3.47. The van der Waals surface area contributed by atoms with Gasteiger partial charge in [0.25, 0.3) is 5.88 Å². The van der Waals surface area contributed by atoms with Gasteiger partial charge in [0.05, 0.1) is 7.11 Å². The molecule has 0 spiro atoms. The average molecular weight is 382 g/mol. The Kier molecular flexibility index (Phi) is 6.32. The maximum absolute atomic E-state index is 6.25. The molecule has 2 fully saturated rings. The fraction of sp³-hybridized carbons (Fsp3) is 0.522. The third kappa shape index (κ3) is 4.58. The Labute approximate surface area is 168 Å². The van der Waals surface area contributed by atoms with E-state index in [9.17, 15) is 0 Å². The standard InChI is InChI=1S/C23H31N3O2/c1-27-21-11-12-22(25-23(21)28-20-9-5-6-10-20)26(19-13-15-24-16-14-19)17-18-7-3-2-4-8-18/h2-4,7-8,11-12,19-20,24H,5-6,9-10,13-17H2,1H3. The van der Waals surface area contributed by atoms with E-state index in [2.05, 4.69) is 46.6 Å². The van der Waals surface area contributed by atoms with Crippen LogP contribution in [-0.2, 0) is 6.54 Å². The zero-order valence-corrected chi connectivity index (χ0v) is 16.8. The van der Waals surface area contributed by atoms with Gasteiger partial charge in [-0.25, -0.2) is 0 Å². The first-order valence-corrected chi connectivity index (χ1v) is 10.6. The van der Waals surface area contributed by atoms with Crippen molar-refractivity contribution in [3.63, 3.8) is 0 Å². The number of aromatic nitrogens is 1. The molecule has 1 saturated heterocycles. The smallest absolute Gasteiger partial charge is 0.259 e. The van der Waals surface area contributed by atoms with E-state index in [1.807, 2.05) is 6.07 Å². The molecule has 0 amide bonds. The van der Waals surface area contributed by atoms with Gasteiger partial charge in [0.15, 0.2) is 5.75 Å². The van der Waals surface area contributed by atoms with Crippen LogP contribution < -0.4 is 19.7 Å². The second-order valence-corrected chi connectivity index (χ2v) is 7.80. The second kappa shape index (κ2) is 9.28. The molecule has 1 aliphatic heterocycles. The van der Waals surface area contributed by atoms with Crippen LogP contribution in [0, 0.1) is 0 Å². The lowest BCUT2D eigenvalue weighted by atomic mass is 10.0. The number of hydrogen-bond acceptors (Lipinski definition) is 5. The molecule has 0 atom stereocenters. The summed E-state index contributed by atoms with van der Waals surface area (Å²) in [4.78, 5) is 7.38. The van der Waals surface area contributed by atoms with E-state index in [1.165, 1.54) is 18.4 Å². The number of nitrogens with zero attached hydrogens (tertiary/aromatic N) is 2. The number of pyridine rings is 1. The molecule has 5 heteroatoms. The van der Waals surface area contributed by atoms with E-state index < -0.39 is 0 Å². The maximum atomic E-state index is 6.25. The SMILES string of the molecule is COc1ccc(N(Cc2ccccc2)C2CCNCC2)nc1OC1CCCC1. The monoisotopic (exact) mass is 381 g/mol. The number of ether oxygens (including phenoxy) is 2. The molecule has 0 radical (unpaired) electrons. The Morgan fingerprint density at radius 3 is 2.46 bits per heavy atom. The predicted molar refractivity (Wildman–Crippen MR) is 112 cm³/mol. The third-order valence-electron chi connectivity index (χ3n) is 5.85. The quantitative estimate of drug-likeness (QED) is 0.780. The van der Waals surface area contributed by atoms with E-state index in [1.54, 1.807) is 7.11 Å². The minimum absolute atomic E-state index is 0.262. The Hall–Kier alpha value is -2.27. The highest BCUT2D eigenvalue weighted by Gasteiger charge is 2.25. The third-order valence-corrected chi connectivity index (χ3v) is 5.85. The van der Waals surface area contributed by atoms with E-state index in [-0.39, 0.29) is 6.10 Å². The van der Waals surface area contributed by atoms with Crippen LogP contribution in [0.15, 0.2) is 42.5 Å². The summed E-state index contributed by atoms with van der Waals surface area (Å²) in [5.74, 6) is 2.34. The van der Waals surface area contributed by atoms with Crippen LogP contribution in [0.2, 0.25) is 0 Å². The van der Waals surface area contributed by atoms with Crippen LogP contribution in [0.1, 0.15) is 44.1 Å². The molecule has 150 valence electrons. The molecule has 1 aliphatic carbocycles. The van der Waals surface area contributed by atoms with Crippen molar-refractivity contribution in [3.8, 4) is 11.6 Å². The lowest BCUT2D eigenvalue weighted by Gasteiger charge is -2.36. The highest BCUT2D eigenvalue weighted by atomic mass is 16.5. The van der Waals surface area contributed by atoms with Gasteiger partial charge < -0.3 is 19.7 Å². The number of hydrogen-bond donors (Lipinski definition) is 1. The summed E-state index contributed by atoms with van der Waals surface area (Å²) in [6.07, 6.45) is 7.20. The second-order valence-electron chi connectivity index (χ2n) is 7.80. The van der Waals surface area contributed by atoms with Crippen LogP contribution in [0.5, 0.6) is 11.6 Å². The normalized spacial score (nSPS) is 18.2. The minimum Gasteiger partial charge on any atom is -0.491 e. The first kappa shape index (κ1) is 19.1. The van der Waals surface area contributed by atoms with Gasteiger partial charge in [-0.1, -0.05) is 30.3 Å². The van der Waals surface area contributed by atoms with E-state index in [0.717, 1.165) is 56.9 Å². The maximum Gasteiger partial charge on any atom is 0.259 e. The summed E-state index contributed by atoms with van der Waals surface area (Å²) < 4.78 is 11.8. The number of piperidine rings is 1.